The Morgan fingerprint density at radius 3 is 0.946 bits per heavy atom. The number of hydrogen-bond donors (Lipinski definition) is 0. The Morgan fingerprint density at radius 2 is 0.518 bits per heavy atom. The minimum atomic E-state index is 1.11. The van der Waals surface area contributed by atoms with Crippen LogP contribution < -0.4 is 4.90 Å². The van der Waals surface area contributed by atoms with Gasteiger partial charge in [-0.05, 0) is 110 Å². The zero-order valence-corrected chi connectivity index (χ0v) is 31.5. The van der Waals surface area contributed by atoms with Gasteiger partial charge < -0.3 is 4.90 Å². The summed E-state index contributed by atoms with van der Waals surface area (Å²) in [6, 6.07) is 81.2. The molecule has 0 spiro atoms. The van der Waals surface area contributed by atoms with Crippen LogP contribution in [0.25, 0.3) is 75.8 Å². The van der Waals surface area contributed by atoms with Gasteiger partial charge in [0.15, 0.2) is 0 Å². The molecule has 10 rings (SSSR count). The summed E-state index contributed by atoms with van der Waals surface area (Å²) in [4.78, 5) is 2.34. The SMILES string of the molecule is c1ccc(-c2ccc(N(c3ccc(-c4ccccc4)cc3)c3ccc(-c4cccc(-c5ccc6c(c5)sc5cc(-c7ccccc7)ccc56)c4)cc3)cc2)cc1. The van der Waals surface area contributed by atoms with Gasteiger partial charge in [0.1, 0.15) is 0 Å². The Morgan fingerprint density at radius 1 is 0.232 bits per heavy atom. The van der Waals surface area contributed by atoms with Crippen LogP contribution in [0.1, 0.15) is 0 Å². The molecule has 1 heterocycles. The van der Waals surface area contributed by atoms with Crippen LogP contribution in [0.2, 0.25) is 0 Å². The van der Waals surface area contributed by atoms with Crippen LogP contribution in [0.4, 0.5) is 17.1 Å². The summed E-state index contributed by atoms with van der Waals surface area (Å²) >= 11 is 1.87. The van der Waals surface area contributed by atoms with Gasteiger partial charge >= 0.3 is 0 Å². The molecule has 1 nitrogen and oxygen atoms in total. The maximum Gasteiger partial charge on any atom is 0.0462 e. The number of rotatable bonds is 8. The van der Waals surface area contributed by atoms with Crippen molar-refractivity contribution >= 4 is 48.6 Å². The van der Waals surface area contributed by atoms with Gasteiger partial charge in [0.05, 0.1) is 0 Å². The molecule has 0 radical (unpaired) electrons. The second kappa shape index (κ2) is 14.7. The molecule has 0 atom stereocenters. The fourth-order valence-corrected chi connectivity index (χ4v) is 8.95. The van der Waals surface area contributed by atoms with E-state index in [-0.39, 0.29) is 0 Å². The average Bonchev–Trinajstić information content (AvgIpc) is 3.65. The zero-order chi connectivity index (χ0) is 37.3. The number of anilines is 3. The predicted octanol–water partition coefficient (Wildman–Crippen LogP) is 15.9. The molecule has 0 saturated carbocycles. The van der Waals surface area contributed by atoms with Crippen molar-refractivity contribution in [3.63, 3.8) is 0 Å². The van der Waals surface area contributed by atoms with Crippen molar-refractivity contribution in [3.8, 4) is 55.6 Å². The van der Waals surface area contributed by atoms with Crippen molar-refractivity contribution in [1.82, 2.24) is 0 Å². The monoisotopic (exact) mass is 731 g/mol. The van der Waals surface area contributed by atoms with Crippen molar-refractivity contribution in [2.75, 3.05) is 4.90 Å². The third-order valence-corrected chi connectivity index (χ3v) is 11.8. The standard InChI is InChI=1S/C54H37NS/c1-4-11-38(12-5-1)41-19-27-48(28-20-41)55(49-29-21-42(22-30-49)39-13-6-2-7-14-39)50-31-23-43(24-32-50)44-17-10-18-45(35-44)47-26-34-52-51-33-25-46(40-15-8-3-9-16-40)36-53(51)56-54(52)37-47/h1-37H. The van der Waals surface area contributed by atoms with Gasteiger partial charge in [-0.3, -0.25) is 0 Å². The van der Waals surface area contributed by atoms with Crippen molar-refractivity contribution < 1.29 is 0 Å². The van der Waals surface area contributed by atoms with Crippen molar-refractivity contribution in [2.45, 2.75) is 0 Å². The normalized spacial score (nSPS) is 11.2. The molecular formula is C54H37NS. The molecular weight excluding hydrogens is 695 g/mol. The Labute approximate surface area is 332 Å². The van der Waals surface area contributed by atoms with E-state index in [0.717, 1.165) is 17.1 Å². The smallest absolute Gasteiger partial charge is 0.0462 e. The largest absolute Gasteiger partial charge is 0.311 e. The van der Waals surface area contributed by atoms with E-state index in [4.69, 9.17) is 0 Å². The van der Waals surface area contributed by atoms with Crippen LogP contribution >= 0.6 is 11.3 Å². The quantitative estimate of drug-likeness (QED) is 0.150. The predicted molar refractivity (Wildman–Crippen MR) is 241 cm³/mol. The van der Waals surface area contributed by atoms with Gasteiger partial charge in [-0.25, -0.2) is 0 Å². The molecule has 0 aliphatic carbocycles. The first-order chi connectivity index (χ1) is 27.7. The summed E-state index contributed by atoms with van der Waals surface area (Å²) in [5.74, 6) is 0. The van der Waals surface area contributed by atoms with E-state index >= 15 is 0 Å². The van der Waals surface area contributed by atoms with Gasteiger partial charge in [0.2, 0.25) is 0 Å². The molecule has 264 valence electrons. The van der Waals surface area contributed by atoms with Gasteiger partial charge in [0, 0.05) is 37.2 Å². The van der Waals surface area contributed by atoms with Crippen LogP contribution in [-0.4, -0.2) is 0 Å². The number of fused-ring (bicyclic) bond motifs is 3. The maximum absolute atomic E-state index is 2.36. The lowest BCUT2D eigenvalue weighted by Gasteiger charge is -2.26. The van der Waals surface area contributed by atoms with Gasteiger partial charge in [-0.15, -0.1) is 11.3 Å². The summed E-state index contributed by atoms with van der Waals surface area (Å²) < 4.78 is 2.63. The summed E-state index contributed by atoms with van der Waals surface area (Å²) in [5.41, 5.74) is 15.5. The Kier molecular flexibility index (Phi) is 8.79. The highest BCUT2D eigenvalue weighted by molar-refractivity contribution is 7.25. The van der Waals surface area contributed by atoms with Gasteiger partial charge in [0.25, 0.3) is 0 Å². The van der Waals surface area contributed by atoms with Gasteiger partial charge in [-0.2, -0.15) is 0 Å². The summed E-state index contributed by atoms with van der Waals surface area (Å²) in [5, 5.41) is 2.63. The molecule has 1 aromatic heterocycles. The Balaban J connectivity index is 0.963. The topological polar surface area (TPSA) is 3.24 Å². The van der Waals surface area contributed by atoms with Crippen LogP contribution in [0, 0.1) is 0 Å². The van der Waals surface area contributed by atoms with Crippen LogP contribution in [0.15, 0.2) is 224 Å². The lowest BCUT2D eigenvalue weighted by Crippen LogP contribution is -2.09. The number of benzene rings is 9. The fourth-order valence-electron chi connectivity index (χ4n) is 7.76. The number of hydrogen-bond acceptors (Lipinski definition) is 2. The molecule has 0 bridgehead atoms. The van der Waals surface area contributed by atoms with Crippen molar-refractivity contribution in [3.05, 3.63) is 224 Å². The van der Waals surface area contributed by atoms with Crippen LogP contribution in [0.5, 0.6) is 0 Å². The molecule has 0 saturated heterocycles. The van der Waals surface area contributed by atoms with E-state index in [9.17, 15) is 0 Å². The minimum absolute atomic E-state index is 1.11. The Hall–Kier alpha value is -7.00. The van der Waals surface area contributed by atoms with E-state index in [1.54, 1.807) is 0 Å². The van der Waals surface area contributed by atoms with Crippen molar-refractivity contribution in [1.29, 1.82) is 0 Å². The van der Waals surface area contributed by atoms with E-state index in [0.29, 0.717) is 0 Å². The first-order valence-electron chi connectivity index (χ1n) is 19.1. The van der Waals surface area contributed by atoms with E-state index in [1.165, 1.54) is 75.8 Å². The minimum Gasteiger partial charge on any atom is -0.311 e. The highest BCUT2D eigenvalue weighted by Gasteiger charge is 2.15. The molecule has 10 aromatic rings. The molecule has 0 amide bonds. The molecule has 0 aliphatic rings. The second-order valence-corrected chi connectivity index (χ2v) is 15.3. The molecule has 56 heavy (non-hydrogen) atoms. The lowest BCUT2D eigenvalue weighted by molar-refractivity contribution is 1.28. The highest BCUT2D eigenvalue weighted by atomic mass is 32.1. The fraction of sp³-hybridized carbons (Fsp3) is 0. The second-order valence-electron chi connectivity index (χ2n) is 14.2. The third-order valence-electron chi connectivity index (χ3n) is 10.7. The summed E-state index contributed by atoms with van der Waals surface area (Å²) in [7, 11) is 0. The molecule has 0 fully saturated rings. The molecule has 2 heteroatoms. The average molecular weight is 732 g/mol. The number of nitrogens with zero attached hydrogens (tertiary/aromatic N) is 1. The first-order valence-corrected chi connectivity index (χ1v) is 19.9. The van der Waals surface area contributed by atoms with Gasteiger partial charge in [-0.1, -0.05) is 170 Å². The first kappa shape index (κ1) is 33.6. The van der Waals surface area contributed by atoms with E-state index in [2.05, 4.69) is 229 Å². The van der Waals surface area contributed by atoms with Crippen LogP contribution in [0.3, 0.4) is 0 Å². The zero-order valence-electron chi connectivity index (χ0n) is 30.7. The number of thiophene rings is 1. The molecule has 0 aliphatic heterocycles. The van der Waals surface area contributed by atoms with Crippen molar-refractivity contribution in [2.24, 2.45) is 0 Å². The molecule has 0 N–H and O–H groups in total. The van der Waals surface area contributed by atoms with E-state index < -0.39 is 0 Å². The molecule has 0 unspecified atom stereocenters. The lowest BCUT2D eigenvalue weighted by atomic mass is 9.98. The van der Waals surface area contributed by atoms with Crippen LogP contribution in [-0.2, 0) is 0 Å². The summed E-state index contributed by atoms with van der Waals surface area (Å²) in [6.07, 6.45) is 0. The highest BCUT2D eigenvalue weighted by Crippen LogP contribution is 2.40. The summed E-state index contributed by atoms with van der Waals surface area (Å²) in [6.45, 7) is 0. The van der Waals surface area contributed by atoms with E-state index in [1.807, 2.05) is 11.3 Å². The Bertz CT molecular complexity index is 2830. The third kappa shape index (κ3) is 6.57. The maximum atomic E-state index is 2.36. The molecule has 9 aromatic carbocycles.